The molecule has 0 N–H and O–H groups in total. The highest BCUT2D eigenvalue weighted by molar-refractivity contribution is 7.54. The molecule has 1 aromatic heterocycles. The van der Waals surface area contributed by atoms with Crippen LogP contribution in [0.25, 0.3) is 10.1 Å². The highest BCUT2D eigenvalue weighted by Gasteiger charge is 2.41. The minimum Gasteiger partial charge on any atom is -0.305 e. The summed E-state index contributed by atoms with van der Waals surface area (Å²) in [6.45, 7) is 7.44. The summed E-state index contributed by atoms with van der Waals surface area (Å²) in [4.78, 5) is 0.817. The van der Waals surface area contributed by atoms with Crippen molar-refractivity contribution in [1.82, 2.24) is 0 Å². The molecular formula is C22H25Cl2O3PS. The molecule has 0 aliphatic carbocycles. The summed E-state index contributed by atoms with van der Waals surface area (Å²) in [5.41, 5.74) is 0.423. The molecule has 7 heteroatoms. The van der Waals surface area contributed by atoms with Gasteiger partial charge in [0.15, 0.2) is 0 Å². The van der Waals surface area contributed by atoms with Crippen LogP contribution in [0.15, 0.2) is 48.5 Å². The second kappa shape index (κ2) is 9.51. The number of benzene rings is 2. The zero-order chi connectivity index (χ0) is 21.2. The van der Waals surface area contributed by atoms with Gasteiger partial charge in [0.1, 0.15) is 5.66 Å². The molecule has 3 aromatic rings. The van der Waals surface area contributed by atoms with Crippen LogP contribution < -0.4 is 0 Å². The second-order valence-corrected chi connectivity index (χ2v) is 11.5. The van der Waals surface area contributed by atoms with Crippen LogP contribution >= 0.6 is 42.1 Å². The lowest BCUT2D eigenvalue weighted by Crippen LogP contribution is -2.15. The maximum absolute atomic E-state index is 14.1. The number of rotatable bonds is 8. The average Bonchev–Trinajstić information content (AvgIpc) is 2.95. The van der Waals surface area contributed by atoms with Gasteiger partial charge >= 0.3 is 7.60 Å². The summed E-state index contributed by atoms with van der Waals surface area (Å²) in [6, 6.07) is 15.5. The molecule has 1 unspecified atom stereocenters. The predicted molar refractivity (Wildman–Crippen MR) is 125 cm³/mol. The summed E-state index contributed by atoms with van der Waals surface area (Å²) in [7, 11) is -3.54. The molecule has 0 saturated carbocycles. The average molecular weight is 471 g/mol. The van der Waals surface area contributed by atoms with Crippen molar-refractivity contribution < 1.29 is 13.6 Å². The lowest BCUT2D eigenvalue weighted by Gasteiger charge is -2.30. The molecule has 2 aromatic carbocycles. The standard InChI is InChI=1S/C22H25Cl2O3PS/c1-14(2)26-28(25,27-15(3)4)19(13-16-8-7-9-17(23)12-16)22-21(24)18-10-5-6-11-20(18)29-22/h5-12,14-15,19H,13H2,1-4H3. The topological polar surface area (TPSA) is 35.5 Å². The van der Waals surface area contributed by atoms with Gasteiger partial charge in [0.25, 0.3) is 0 Å². The minimum atomic E-state index is -3.54. The highest BCUT2D eigenvalue weighted by Crippen LogP contribution is 2.66. The Kier molecular flexibility index (Phi) is 7.48. The summed E-state index contributed by atoms with van der Waals surface area (Å²) >= 11 is 14.5. The monoisotopic (exact) mass is 470 g/mol. The molecule has 0 aliphatic heterocycles. The van der Waals surface area contributed by atoms with Crippen LogP contribution in [0.3, 0.4) is 0 Å². The van der Waals surface area contributed by atoms with E-state index in [0.29, 0.717) is 16.5 Å². The Morgan fingerprint density at radius 1 is 0.966 bits per heavy atom. The molecule has 0 aliphatic rings. The molecule has 156 valence electrons. The molecule has 0 bridgehead atoms. The van der Waals surface area contributed by atoms with Crippen molar-refractivity contribution in [2.45, 2.75) is 52.0 Å². The van der Waals surface area contributed by atoms with Crippen molar-refractivity contribution in [1.29, 1.82) is 0 Å². The third-order valence-corrected chi connectivity index (χ3v) is 9.13. The molecule has 0 radical (unpaired) electrons. The summed E-state index contributed by atoms with van der Waals surface area (Å²) < 4.78 is 27.1. The Labute approximate surface area is 186 Å². The maximum atomic E-state index is 14.1. The highest BCUT2D eigenvalue weighted by atomic mass is 35.5. The van der Waals surface area contributed by atoms with Gasteiger partial charge in [0.05, 0.1) is 17.2 Å². The second-order valence-electron chi connectivity index (χ2n) is 7.47. The van der Waals surface area contributed by atoms with Gasteiger partial charge in [-0.2, -0.15) is 0 Å². The Balaban J connectivity index is 2.16. The third-order valence-electron chi connectivity index (χ3n) is 4.28. The van der Waals surface area contributed by atoms with Gasteiger partial charge < -0.3 is 9.05 Å². The van der Waals surface area contributed by atoms with Crippen LogP contribution in [0.1, 0.15) is 43.8 Å². The first-order chi connectivity index (χ1) is 13.7. The maximum Gasteiger partial charge on any atom is 0.339 e. The fourth-order valence-corrected chi connectivity index (χ4v) is 8.00. The first kappa shape index (κ1) is 22.8. The molecule has 29 heavy (non-hydrogen) atoms. The van der Waals surface area contributed by atoms with Gasteiger partial charge in [-0.15, -0.1) is 11.3 Å². The van der Waals surface area contributed by atoms with Crippen molar-refractivity contribution >= 4 is 52.2 Å². The number of hydrogen-bond acceptors (Lipinski definition) is 4. The first-order valence-electron chi connectivity index (χ1n) is 9.57. The fraction of sp³-hybridized carbons (Fsp3) is 0.364. The Hall–Kier alpha value is -0.870. The van der Waals surface area contributed by atoms with Crippen LogP contribution in [-0.2, 0) is 20.0 Å². The van der Waals surface area contributed by atoms with E-state index in [1.54, 1.807) is 0 Å². The molecule has 0 saturated heterocycles. The van der Waals surface area contributed by atoms with Crippen LogP contribution in [0.4, 0.5) is 0 Å². The van der Waals surface area contributed by atoms with Crippen molar-refractivity contribution in [2.75, 3.05) is 0 Å². The lowest BCUT2D eigenvalue weighted by atomic mass is 10.1. The largest absolute Gasteiger partial charge is 0.339 e. The van der Waals surface area contributed by atoms with E-state index in [0.717, 1.165) is 20.5 Å². The van der Waals surface area contributed by atoms with E-state index in [1.165, 1.54) is 11.3 Å². The van der Waals surface area contributed by atoms with Crippen molar-refractivity contribution in [3.8, 4) is 0 Å². The normalized spacial score (nSPS) is 13.5. The van der Waals surface area contributed by atoms with E-state index < -0.39 is 13.3 Å². The molecule has 1 atom stereocenters. The smallest absolute Gasteiger partial charge is 0.305 e. The van der Waals surface area contributed by atoms with Crippen LogP contribution in [0, 0.1) is 0 Å². The minimum absolute atomic E-state index is 0.255. The van der Waals surface area contributed by atoms with Gasteiger partial charge in [-0.05, 0) is 57.9 Å². The van der Waals surface area contributed by atoms with Crippen molar-refractivity contribution in [3.63, 3.8) is 0 Å². The van der Waals surface area contributed by atoms with Gasteiger partial charge in [0.2, 0.25) is 0 Å². The van der Waals surface area contributed by atoms with Gasteiger partial charge in [-0.1, -0.05) is 53.5 Å². The van der Waals surface area contributed by atoms with E-state index in [-0.39, 0.29) is 12.2 Å². The first-order valence-corrected chi connectivity index (χ1v) is 12.8. The zero-order valence-corrected chi connectivity index (χ0v) is 20.1. The molecular weight excluding hydrogens is 446 g/mol. The number of thiophene rings is 1. The quantitative estimate of drug-likeness (QED) is 0.309. The van der Waals surface area contributed by atoms with Crippen molar-refractivity contribution in [3.05, 3.63) is 69.0 Å². The van der Waals surface area contributed by atoms with Gasteiger partial charge in [0, 0.05) is 20.0 Å². The van der Waals surface area contributed by atoms with Crippen LogP contribution in [0.2, 0.25) is 10.0 Å². The number of halogens is 2. The summed E-state index contributed by atoms with van der Waals surface area (Å²) in [5, 5.41) is 2.19. The van der Waals surface area contributed by atoms with E-state index in [9.17, 15) is 4.57 Å². The molecule has 0 amide bonds. The molecule has 0 spiro atoms. The molecule has 1 heterocycles. The number of hydrogen-bond donors (Lipinski definition) is 0. The van der Waals surface area contributed by atoms with Crippen LogP contribution in [0.5, 0.6) is 0 Å². The SMILES string of the molecule is CC(C)OP(=O)(OC(C)C)C(Cc1cccc(Cl)c1)c1sc2ccccc2c1Cl. The summed E-state index contributed by atoms with van der Waals surface area (Å²) in [6.07, 6.45) is -0.0618. The van der Waals surface area contributed by atoms with E-state index >= 15 is 0 Å². The van der Waals surface area contributed by atoms with E-state index in [2.05, 4.69) is 0 Å². The predicted octanol–water partition coefficient (Wildman–Crippen LogP) is 8.54. The molecule has 3 nitrogen and oxygen atoms in total. The lowest BCUT2D eigenvalue weighted by molar-refractivity contribution is 0.136. The summed E-state index contributed by atoms with van der Waals surface area (Å²) in [5.74, 6) is 0. The van der Waals surface area contributed by atoms with E-state index in [4.69, 9.17) is 32.2 Å². The Bertz CT molecular complexity index is 1020. The van der Waals surface area contributed by atoms with Crippen LogP contribution in [-0.4, -0.2) is 12.2 Å². The van der Waals surface area contributed by atoms with E-state index in [1.807, 2.05) is 76.2 Å². The molecule has 0 fully saturated rings. The third kappa shape index (κ3) is 5.44. The molecule has 3 rings (SSSR count). The van der Waals surface area contributed by atoms with Gasteiger partial charge in [-0.3, -0.25) is 4.57 Å². The Morgan fingerprint density at radius 2 is 1.62 bits per heavy atom. The van der Waals surface area contributed by atoms with Crippen molar-refractivity contribution in [2.24, 2.45) is 0 Å². The zero-order valence-electron chi connectivity index (χ0n) is 16.9. The Morgan fingerprint density at radius 3 is 2.21 bits per heavy atom. The number of fused-ring (bicyclic) bond motifs is 1. The fourth-order valence-electron chi connectivity index (χ4n) is 3.24. The van der Waals surface area contributed by atoms with Gasteiger partial charge in [-0.25, -0.2) is 0 Å².